The van der Waals surface area contributed by atoms with Gasteiger partial charge in [0, 0.05) is 56.7 Å². The van der Waals surface area contributed by atoms with Crippen LogP contribution < -0.4 is 5.32 Å². The van der Waals surface area contributed by atoms with Gasteiger partial charge >= 0.3 is 6.03 Å². The zero-order valence-electron chi connectivity index (χ0n) is 19.7. The molecule has 7 nitrogen and oxygen atoms in total. The van der Waals surface area contributed by atoms with Crippen LogP contribution in [-0.2, 0) is 6.54 Å². The number of imidazole rings is 1. The maximum absolute atomic E-state index is 12.7. The van der Waals surface area contributed by atoms with Crippen molar-refractivity contribution in [2.24, 2.45) is 0 Å². The minimum absolute atomic E-state index is 0.0324. The fraction of sp³-hybridized carbons (Fsp3) is 0.296. The number of carbonyl (C=O) groups excluding carboxylic acids is 1. The summed E-state index contributed by atoms with van der Waals surface area (Å²) in [6, 6.07) is 20.3. The lowest BCUT2D eigenvalue weighted by Gasteiger charge is -2.34. The number of aromatic nitrogens is 3. The molecule has 7 heteroatoms. The van der Waals surface area contributed by atoms with E-state index in [1.54, 1.807) is 0 Å². The number of hydrogen-bond donors (Lipinski definition) is 1. The third-order valence-corrected chi connectivity index (χ3v) is 6.42. The zero-order chi connectivity index (χ0) is 23.5. The molecule has 1 aliphatic heterocycles. The maximum atomic E-state index is 12.7. The molecule has 0 aliphatic carbocycles. The molecule has 0 saturated carbocycles. The number of rotatable bonds is 5. The molecule has 2 aromatic heterocycles. The van der Waals surface area contributed by atoms with Gasteiger partial charge in [-0.25, -0.2) is 14.8 Å². The molecule has 0 atom stereocenters. The second kappa shape index (κ2) is 9.65. The first kappa shape index (κ1) is 22.1. The van der Waals surface area contributed by atoms with E-state index in [2.05, 4.69) is 51.0 Å². The molecule has 0 bridgehead atoms. The van der Waals surface area contributed by atoms with E-state index in [-0.39, 0.29) is 6.03 Å². The summed E-state index contributed by atoms with van der Waals surface area (Å²) in [5.74, 6) is 0.949. The zero-order valence-corrected chi connectivity index (χ0v) is 19.7. The topological polar surface area (TPSA) is 66.3 Å². The van der Waals surface area contributed by atoms with E-state index in [0.717, 1.165) is 54.4 Å². The number of piperazine rings is 1. The number of fused-ring (bicyclic) bond motifs is 1. The fourth-order valence-electron chi connectivity index (χ4n) is 4.35. The fourth-order valence-corrected chi connectivity index (χ4v) is 4.35. The van der Waals surface area contributed by atoms with E-state index in [9.17, 15) is 4.79 Å². The quantitative estimate of drug-likeness (QED) is 0.480. The number of nitrogens with one attached hydrogen (secondary N) is 1. The predicted molar refractivity (Wildman–Crippen MR) is 136 cm³/mol. The summed E-state index contributed by atoms with van der Waals surface area (Å²) >= 11 is 0. The SMILES string of the molecule is Cc1ccc(NC(=O)N2CCN(CCn3c(-c4ccc(C)cc4)nc4cccnc43)CC2)cc1. The number of aryl methyl sites for hydroxylation is 2. The molecular formula is C27H30N6O. The van der Waals surface area contributed by atoms with Crippen molar-refractivity contribution in [2.45, 2.75) is 20.4 Å². The van der Waals surface area contributed by atoms with Crippen LogP contribution in [0.15, 0.2) is 66.9 Å². The second-order valence-electron chi connectivity index (χ2n) is 8.92. The Morgan fingerprint density at radius 3 is 2.26 bits per heavy atom. The van der Waals surface area contributed by atoms with Gasteiger partial charge < -0.3 is 14.8 Å². The number of urea groups is 1. The van der Waals surface area contributed by atoms with Gasteiger partial charge in [0.2, 0.25) is 0 Å². The van der Waals surface area contributed by atoms with Crippen LogP contribution in [0.2, 0.25) is 0 Å². The summed E-state index contributed by atoms with van der Waals surface area (Å²) in [7, 11) is 0. The van der Waals surface area contributed by atoms with Gasteiger partial charge in [0.25, 0.3) is 0 Å². The Labute approximate surface area is 200 Å². The van der Waals surface area contributed by atoms with Crippen LogP contribution in [0.3, 0.4) is 0 Å². The second-order valence-corrected chi connectivity index (χ2v) is 8.92. The van der Waals surface area contributed by atoms with Crippen LogP contribution >= 0.6 is 0 Å². The summed E-state index contributed by atoms with van der Waals surface area (Å²) in [6.45, 7) is 8.94. The molecule has 34 heavy (non-hydrogen) atoms. The van der Waals surface area contributed by atoms with Crippen LogP contribution in [0.5, 0.6) is 0 Å². The van der Waals surface area contributed by atoms with Crippen LogP contribution in [0.4, 0.5) is 10.5 Å². The van der Waals surface area contributed by atoms with Gasteiger partial charge in [-0.05, 0) is 38.1 Å². The van der Waals surface area contributed by atoms with Gasteiger partial charge in [-0.2, -0.15) is 0 Å². The lowest BCUT2D eigenvalue weighted by atomic mass is 10.1. The number of hydrogen-bond acceptors (Lipinski definition) is 4. The molecule has 1 saturated heterocycles. The normalized spacial score (nSPS) is 14.5. The van der Waals surface area contributed by atoms with Gasteiger partial charge in [0.05, 0.1) is 0 Å². The van der Waals surface area contributed by atoms with Gasteiger partial charge in [-0.1, -0.05) is 47.5 Å². The number of carbonyl (C=O) groups is 1. The molecule has 2 aromatic carbocycles. The summed E-state index contributed by atoms with van der Waals surface area (Å²) < 4.78 is 2.22. The van der Waals surface area contributed by atoms with E-state index >= 15 is 0 Å². The highest BCUT2D eigenvalue weighted by Crippen LogP contribution is 2.24. The number of amides is 2. The van der Waals surface area contributed by atoms with E-state index in [1.165, 1.54) is 11.1 Å². The summed E-state index contributed by atoms with van der Waals surface area (Å²) in [4.78, 5) is 26.4. The standard InChI is InChI=1S/C27H30N6O/c1-20-5-9-22(10-6-20)25-30-24-4-3-13-28-26(24)33(25)19-16-31-14-17-32(18-15-31)27(34)29-23-11-7-21(2)8-12-23/h3-13H,14-19H2,1-2H3,(H,29,34). The van der Waals surface area contributed by atoms with Crippen molar-refractivity contribution in [3.8, 4) is 11.4 Å². The Bertz CT molecular complexity index is 1270. The average molecular weight is 455 g/mol. The Hall–Kier alpha value is -3.71. The lowest BCUT2D eigenvalue weighted by Crippen LogP contribution is -2.50. The van der Waals surface area contributed by atoms with Crippen molar-refractivity contribution in [1.29, 1.82) is 0 Å². The third kappa shape index (κ3) is 4.79. The molecule has 4 aromatic rings. The van der Waals surface area contributed by atoms with Gasteiger partial charge in [0.1, 0.15) is 11.3 Å². The third-order valence-electron chi connectivity index (χ3n) is 6.42. The minimum Gasteiger partial charge on any atom is -0.322 e. The van der Waals surface area contributed by atoms with E-state index in [0.29, 0.717) is 13.1 Å². The van der Waals surface area contributed by atoms with Crippen molar-refractivity contribution in [3.05, 3.63) is 78.0 Å². The molecule has 5 rings (SSSR count). The number of nitrogens with zero attached hydrogens (tertiary/aromatic N) is 5. The van der Waals surface area contributed by atoms with Gasteiger partial charge in [-0.3, -0.25) is 4.90 Å². The molecule has 0 unspecified atom stereocenters. The van der Waals surface area contributed by atoms with Crippen LogP contribution in [0.1, 0.15) is 11.1 Å². The number of pyridine rings is 1. The first-order valence-corrected chi connectivity index (χ1v) is 11.8. The van der Waals surface area contributed by atoms with Gasteiger partial charge in [-0.15, -0.1) is 0 Å². The Morgan fingerprint density at radius 1 is 0.882 bits per heavy atom. The minimum atomic E-state index is -0.0324. The van der Waals surface area contributed by atoms with E-state index in [4.69, 9.17) is 4.98 Å². The van der Waals surface area contributed by atoms with E-state index < -0.39 is 0 Å². The highest BCUT2D eigenvalue weighted by atomic mass is 16.2. The molecule has 3 heterocycles. The maximum Gasteiger partial charge on any atom is 0.321 e. The van der Waals surface area contributed by atoms with Crippen LogP contribution in [0, 0.1) is 13.8 Å². The molecule has 1 N–H and O–H groups in total. The molecule has 2 amide bonds. The van der Waals surface area contributed by atoms with Crippen molar-refractivity contribution in [1.82, 2.24) is 24.3 Å². The molecule has 1 aliphatic rings. The molecule has 174 valence electrons. The smallest absolute Gasteiger partial charge is 0.321 e. The first-order chi connectivity index (χ1) is 16.6. The first-order valence-electron chi connectivity index (χ1n) is 11.8. The average Bonchev–Trinajstić information content (AvgIpc) is 3.23. The number of anilines is 1. The summed E-state index contributed by atoms with van der Waals surface area (Å²) in [5.41, 5.74) is 6.17. The molecule has 0 spiro atoms. The molecule has 0 radical (unpaired) electrons. The summed E-state index contributed by atoms with van der Waals surface area (Å²) in [5, 5.41) is 3.01. The van der Waals surface area contributed by atoms with E-state index in [1.807, 2.05) is 54.4 Å². The van der Waals surface area contributed by atoms with Crippen molar-refractivity contribution in [3.63, 3.8) is 0 Å². The number of benzene rings is 2. The molecular weight excluding hydrogens is 424 g/mol. The summed E-state index contributed by atoms with van der Waals surface area (Å²) in [6.07, 6.45) is 1.82. The van der Waals surface area contributed by atoms with Crippen molar-refractivity contribution >= 4 is 22.9 Å². The van der Waals surface area contributed by atoms with Gasteiger partial charge in [0.15, 0.2) is 5.65 Å². The lowest BCUT2D eigenvalue weighted by molar-refractivity contribution is 0.145. The highest BCUT2D eigenvalue weighted by Gasteiger charge is 2.22. The Balaban J connectivity index is 1.23. The van der Waals surface area contributed by atoms with Crippen LogP contribution in [0.25, 0.3) is 22.6 Å². The predicted octanol–water partition coefficient (Wildman–Crippen LogP) is 4.56. The van der Waals surface area contributed by atoms with Crippen molar-refractivity contribution < 1.29 is 4.79 Å². The Kier molecular flexibility index (Phi) is 6.27. The Morgan fingerprint density at radius 2 is 1.56 bits per heavy atom. The molecule has 1 fully saturated rings. The van der Waals surface area contributed by atoms with Crippen molar-refractivity contribution in [2.75, 3.05) is 38.0 Å². The monoisotopic (exact) mass is 454 g/mol. The highest BCUT2D eigenvalue weighted by molar-refractivity contribution is 5.89. The van der Waals surface area contributed by atoms with Crippen LogP contribution in [-0.4, -0.2) is 63.1 Å². The largest absolute Gasteiger partial charge is 0.322 e.